The van der Waals surface area contributed by atoms with Crippen molar-refractivity contribution in [1.82, 2.24) is 14.8 Å². The van der Waals surface area contributed by atoms with Crippen LogP contribution in [0.15, 0.2) is 24.3 Å². The van der Waals surface area contributed by atoms with Crippen molar-refractivity contribution in [2.24, 2.45) is 5.73 Å². The van der Waals surface area contributed by atoms with E-state index >= 15 is 0 Å². The van der Waals surface area contributed by atoms with Crippen LogP contribution in [-0.2, 0) is 19.5 Å². The normalized spacial score (nSPS) is 10.8. The van der Waals surface area contributed by atoms with E-state index in [9.17, 15) is 4.39 Å². The lowest BCUT2D eigenvalue weighted by Crippen LogP contribution is -2.10. The van der Waals surface area contributed by atoms with Crippen LogP contribution in [0.1, 0.15) is 24.1 Å². The van der Waals surface area contributed by atoms with Crippen molar-refractivity contribution in [2.45, 2.75) is 26.4 Å². The second-order valence-electron chi connectivity index (χ2n) is 3.78. The van der Waals surface area contributed by atoms with E-state index in [4.69, 9.17) is 5.73 Å². The number of hydrogen-bond donors (Lipinski definition) is 1. The first-order valence-corrected chi connectivity index (χ1v) is 5.60. The SMILES string of the molecule is CCn1c(CN)nnc1Cc1ccc(F)cc1. The molecule has 0 atom stereocenters. The minimum atomic E-state index is -0.228. The van der Waals surface area contributed by atoms with Crippen LogP contribution >= 0.6 is 0 Å². The Morgan fingerprint density at radius 1 is 1.18 bits per heavy atom. The summed E-state index contributed by atoms with van der Waals surface area (Å²) in [4.78, 5) is 0. The molecule has 0 spiro atoms. The lowest BCUT2D eigenvalue weighted by molar-refractivity contribution is 0.626. The van der Waals surface area contributed by atoms with Gasteiger partial charge >= 0.3 is 0 Å². The Hall–Kier alpha value is -1.75. The molecule has 1 aromatic heterocycles. The fourth-order valence-corrected chi connectivity index (χ4v) is 1.80. The van der Waals surface area contributed by atoms with Crippen LogP contribution < -0.4 is 5.73 Å². The van der Waals surface area contributed by atoms with Gasteiger partial charge in [-0.15, -0.1) is 10.2 Å². The summed E-state index contributed by atoms with van der Waals surface area (Å²) in [5.74, 6) is 1.41. The molecule has 1 heterocycles. The first-order chi connectivity index (χ1) is 8.24. The zero-order valence-corrected chi connectivity index (χ0v) is 9.73. The molecule has 0 saturated carbocycles. The number of nitrogens with zero attached hydrogens (tertiary/aromatic N) is 3. The number of rotatable bonds is 4. The summed E-state index contributed by atoms with van der Waals surface area (Å²) in [5, 5.41) is 8.15. The first kappa shape index (κ1) is 11.7. The Labute approximate surface area is 99.3 Å². The van der Waals surface area contributed by atoms with Crippen molar-refractivity contribution in [3.63, 3.8) is 0 Å². The Morgan fingerprint density at radius 3 is 2.41 bits per heavy atom. The topological polar surface area (TPSA) is 56.7 Å². The van der Waals surface area contributed by atoms with Crippen molar-refractivity contribution in [3.8, 4) is 0 Å². The van der Waals surface area contributed by atoms with E-state index in [2.05, 4.69) is 10.2 Å². The van der Waals surface area contributed by atoms with E-state index < -0.39 is 0 Å². The minimum absolute atomic E-state index is 0.228. The number of nitrogens with two attached hydrogens (primary N) is 1. The Morgan fingerprint density at radius 2 is 1.82 bits per heavy atom. The van der Waals surface area contributed by atoms with Gasteiger partial charge in [0.15, 0.2) is 0 Å². The van der Waals surface area contributed by atoms with Gasteiger partial charge in [0.05, 0.1) is 6.54 Å². The second-order valence-corrected chi connectivity index (χ2v) is 3.78. The molecule has 17 heavy (non-hydrogen) atoms. The summed E-state index contributed by atoms with van der Waals surface area (Å²) in [5.41, 5.74) is 6.59. The van der Waals surface area contributed by atoms with Gasteiger partial charge in [0.2, 0.25) is 0 Å². The molecule has 2 N–H and O–H groups in total. The van der Waals surface area contributed by atoms with Crippen LogP contribution in [0, 0.1) is 5.82 Å². The fraction of sp³-hybridized carbons (Fsp3) is 0.333. The van der Waals surface area contributed by atoms with Gasteiger partial charge in [-0.1, -0.05) is 12.1 Å². The monoisotopic (exact) mass is 234 g/mol. The summed E-state index contributed by atoms with van der Waals surface area (Å²) in [7, 11) is 0. The third-order valence-electron chi connectivity index (χ3n) is 2.68. The highest BCUT2D eigenvalue weighted by Crippen LogP contribution is 2.10. The van der Waals surface area contributed by atoms with E-state index in [1.54, 1.807) is 12.1 Å². The van der Waals surface area contributed by atoms with Crippen LogP contribution in [0.4, 0.5) is 4.39 Å². The summed E-state index contributed by atoms with van der Waals surface area (Å²) in [6.07, 6.45) is 0.640. The van der Waals surface area contributed by atoms with E-state index in [1.807, 2.05) is 11.5 Å². The highest BCUT2D eigenvalue weighted by molar-refractivity contribution is 5.20. The summed E-state index contributed by atoms with van der Waals surface area (Å²) >= 11 is 0. The standard InChI is InChI=1S/C12H15FN4/c1-2-17-11(15-16-12(17)8-14)7-9-3-5-10(13)6-4-9/h3-6H,2,7-8,14H2,1H3. The van der Waals surface area contributed by atoms with E-state index in [0.717, 1.165) is 23.8 Å². The number of aromatic nitrogens is 3. The lowest BCUT2D eigenvalue weighted by Gasteiger charge is -2.06. The molecular weight excluding hydrogens is 219 g/mol. The average Bonchev–Trinajstić information content (AvgIpc) is 2.74. The second kappa shape index (κ2) is 5.05. The predicted octanol–water partition coefficient (Wildman–Crippen LogP) is 1.49. The van der Waals surface area contributed by atoms with Gasteiger partial charge in [0.1, 0.15) is 17.5 Å². The molecule has 0 aliphatic heterocycles. The zero-order valence-electron chi connectivity index (χ0n) is 9.73. The van der Waals surface area contributed by atoms with Crippen molar-refractivity contribution >= 4 is 0 Å². The molecule has 90 valence electrons. The lowest BCUT2D eigenvalue weighted by atomic mass is 10.1. The van der Waals surface area contributed by atoms with Crippen LogP contribution in [0.3, 0.4) is 0 Å². The molecule has 0 amide bonds. The molecule has 4 nitrogen and oxygen atoms in total. The minimum Gasteiger partial charge on any atom is -0.324 e. The summed E-state index contributed by atoms with van der Waals surface area (Å²) in [6, 6.07) is 6.41. The largest absolute Gasteiger partial charge is 0.324 e. The third kappa shape index (κ3) is 2.50. The molecule has 0 aliphatic carbocycles. The van der Waals surface area contributed by atoms with Crippen LogP contribution in [-0.4, -0.2) is 14.8 Å². The number of hydrogen-bond acceptors (Lipinski definition) is 3. The molecule has 0 radical (unpaired) electrons. The third-order valence-corrected chi connectivity index (χ3v) is 2.68. The van der Waals surface area contributed by atoms with Crippen molar-refractivity contribution in [1.29, 1.82) is 0 Å². The Bertz CT molecular complexity index is 490. The van der Waals surface area contributed by atoms with E-state index in [1.165, 1.54) is 12.1 Å². The van der Waals surface area contributed by atoms with E-state index in [-0.39, 0.29) is 5.82 Å². The highest BCUT2D eigenvalue weighted by Gasteiger charge is 2.09. The molecule has 2 rings (SSSR count). The smallest absolute Gasteiger partial charge is 0.146 e. The van der Waals surface area contributed by atoms with Gasteiger partial charge in [-0.2, -0.15) is 0 Å². The average molecular weight is 234 g/mol. The fourth-order valence-electron chi connectivity index (χ4n) is 1.80. The molecule has 5 heteroatoms. The molecular formula is C12H15FN4. The van der Waals surface area contributed by atoms with Crippen LogP contribution in [0.5, 0.6) is 0 Å². The van der Waals surface area contributed by atoms with Crippen molar-refractivity contribution in [2.75, 3.05) is 0 Å². The quantitative estimate of drug-likeness (QED) is 0.871. The van der Waals surface area contributed by atoms with Gasteiger partial charge in [-0.3, -0.25) is 0 Å². The predicted molar refractivity (Wildman–Crippen MR) is 62.8 cm³/mol. The van der Waals surface area contributed by atoms with Gasteiger partial charge in [-0.05, 0) is 24.6 Å². The zero-order chi connectivity index (χ0) is 12.3. The number of benzene rings is 1. The van der Waals surface area contributed by atoms with Crippen molar-refractivity contribution < 1.29 is 4.39 Å². The molecule has 0 fully saturated rings. The van der Waals surface area contributed by atoms with Crippen LogP contribution in [0.25, 0.3) is 0 Å². The van der Waals surface area contributed by atoms with Gasteiger partial charge in [-0.25, -0.2) is 4.39 Å². The highest BCUT2D eigenvalue weighted by atomic mass is 19.1. The number of halogens is 1. The molecule has 0 unspecified atom stereocenters. The van der Waals surface area contributed by atoms with Crippen molar-refractivity contribution in [3.05, 3.63) is 47.3 Å². The van der Waals surface area contributed by atoms with Gasteiger partial charge < -0.3 is 10.3 Å². The maximum absolute atomic E-state index is 12.8. The molecule has 0 saturated heterocycles. The first-order valence-electron chi connectivity index (χ1n) is 5.60. The Kier molecular flexibility index (Phi) is 3.49. The van der Waals surface area contributed by atoms with Gasteiger partial charge in [0.25, 0.3) is 0 Å². The maximum atomic E-state index is 12.8. The van der Waals surface area contributed by atoms with Crippen LogP contribution in [0.2, 0.25) is 0 Å². The Balaban J connectivity index is 2.23. The molecule has 0 aliphatic rings. The molecule has 0 bridgehead atoms. The van der Waals surface area contributed by atoms with E-state index in [0.29, 0.717) is 13.0 Å². The molecule has 1 aromatic carbocycles. The summed E-state index contributed by atoms with van der Waals surface area (Å²) < 4.78 is 14.8. The maximum Gasteiger partial charge on any atom is 0.146 e. The molecule has 2 aromatic rings. The summed E-state index contributed by atoms with van der Waals surface area (Å²) in [6.45, 7) is 3.19. The van der Waals surface area contributed by atoms with Gasteiger partial charge in [0, 0.05) is 13.0 Å².